The number of benzene rings is 1. The second-order valence-corrected chi connectivity index (χ2v) is 7.01. The summed E-state index contributed by atoms with van der Waals surface area (Å²) in [6.07, 6.45) is 1.86. The monoisotopic (exact) mass is 333 g/mol. The van der Waals surface area contributed by atoms with Crippen LogP contribution in [0.2, 0.25) is 0 Å². The standard InChI is InChI=1S/C12H19N3O4S2/c1-4-13-10-6-5-7-11(12(10)15(16)17)21(18,19)14-9(2)8-20-3/h5-7,9,13-14H,4,8H2,1-3H3. The first-order chi connectivity index (χ1) is 9.83. The first-order valence-electron chi connectivity index (χ1n) is 6.36. The molecule has 1 rings (SSSR count). The van der Waals surface area contributed by atoms with Gasteiger partial charge in [-0.3, -0.25) is 10.1 Å². The molecule has 0 radical (unpaired) electrons. The van der Waals surface area contributed by atoms with Crippen LogP contribution in [0.3, 0.4) is 0 Å². The van der Waals surface area contributed by atoms with E-state index >= 15 is 0 Å². The van der Waals surface area contributed by atoms with Crippen molar-refractivity contribution >= 4 is 33.2 Å². The summed E-state index contributed by atoms with van der Waals surface area (Å²) in [5.41, 5.74) is -0.230. The van der Waals surface area contributed by atoms with Crippen molar-refractivity contribution in [3.8, 4) is 0 Å². The second kappa shape index (κ2) is 7.62. The Morgan fingerprint density at radius 2 is 2.10 bits per heavy atom. The van der Waals surface area contributed by atoms with Crippen molar-refractivity contribution in [2.75, 3.05) is 23.9 Å². The zero-order valence-corrected chi connectivity index (χ0v) is 13.8. The van der Waals surface area contributed by atoms with E-state index in [0.29, 0.717) is 12.3 Å². The molecule has 2 N–H and O–H groups in total. The van der Waals surface area contributed by atoms with Gasteiger partial charge in [-0.25, -0.2) is 13.1 Å². The Morgan fingerprint density at radius 1 is 1.43 bits per heavy atom. The van der Waals surface area contributed by atoms with E-state index in [1.54, 1.807) is 13.8 Å². The molecule has 0 saturated heterocycles. The van der Waals surface area contributed by atoms with Gasteiger partial charge in [0.05, 0.1) is 4.92 Å². The van der Waals surface area contributed by atoms with Crippen LogP contribution in [0.5, 0.6) is 0 Å². The Hall–Kier alpha value is -1.32. The number of nitro groups is 1. The highest BCUT2D eigenvalue weighted by atomic mass is 32.2. The lowest BCUT2D eigenvalue weighted by Crippen LogP contribution is -2.34. The number of sulfonamides is 1. The average Bonchev–Trinajstić information content (AvgIpc) is 2.38. The van der Waals surface area contributed by atoms with E-state index in [9.17, 15) is 18.5 Å². The van der Waals surface area contributed by atoms with E-state index in [-0.39, 0.29) is 16.6 Å². The Morgan fingerprint density at radius 3 is 2.62 bits per heavy atom. The van der Waals surface area contributed by atoms with Gasteiger partial charge in [0.15, 0.2) is 4.90 Å². The molecular formula is C12H19N3O4S2. The molecule has 9 heteroatoms. The molecule has 0 aliphatic heterocycles. The number of rotatable bonds is 8. The van der Waals surface area contributed by atoms with Crippen LogP contribution in [0.1, 0.15) is 13.8 Å². The molecule has 7 nitrogen and oxygen atoms in total. The second-order valence-electron chi connectivity index (χ2n) is 4.42. The van der Waals surface area contributed by atoms with E-state index < -0.39 is 20.6 Å². The summed E-state index contributed by atoms with van der Waals surface area (Å²) < 4.78 is 27.2. The molecule has 0 aliphatic carbocycles. The summed E-state index contributed by atoms with van der Waals surface area (Å²) in [6.45, 7) is 3.96. The maximum Gasteiger partial charge on any atom is 0.312 e. The largest absolute Gasteiger partial charge is 0.380 e. The minimum atomic E-state index is -3.94. The van der Waals surface area contributed by atoms with Crippen molar-refractivity contribution in [3.63, 3.8) is 0 Å². The molecule has 0 saturated carbocycles. The van der Waals surface area contributed by atoms with Gasteiger partial charge in [-0.2, -0.15) is 11.8 Å². The van der Waals surface area contributed by atoms with Gasteiger partial charge in [-0.05, 0) is 32.2 Å². The van der Waals surface area contributed by atoms with E-state index in [1.807, 2.05) is 6.26 Å². The number of hydrogen-bond donors (Lipinski definition) is 2. The summed E-state index contributed by atoms with van der Waals surface area (Å²) in [5.74, 6) is 0.583. The van der Waals surface area contributed by atoms with Gasteiger partial charge in [0.2, 0.25) is 10.0 Å². The van der Waals surface area contributed by atoms with Gasteiger partial charge >= 0.3 is 5.69 Å². The van der Waals surface area contributed by atoms with E-state index in [1.165, 1.54) is 30.0 Å². The third-order valence-corrected chi connectivity index (χ3v) is 5.07. The molecule has 0 aromatic heterocycles. The van der Waals surface area contributed by atoms with Gasteiger partial charge in [-0.15, -0.1) is 0 Å². The van der Waals surface area contributed by atoms with Crippen LogP contribution in [-0.4, -0.2) is 37.9 Å². The molecule has 0 spiro atoms. The number of nitrogens with one attached hydrogen (secondary N) is 2. The molecule has 0 heterocycles. The fourth-order valence-corrected chi connectivity index (χ4v) is 4.00. The van der Waals surface area contributed by atoms with Crippen LogP contribution < -0.4 is 10.0 Å². The van der Waals surface area contributed by atoms with E-state index in [4.69, 9.17) is 0 Å². The quantitative estimate of drug-likeness (QED) is 0.558. The van der Waals surface area contributed by atoms with Crippen LogP contribution in [0, 0.1) is 10.1 Å². The van der Waals surface area contributed by atoms with Gasteiger partial charge in [0, 0.05) is 18.3 Å². The maximum atomic E-state index is 12.3. The molecule has 1 atom stereocenters. The van der Waals surface area contributed by atoms with Crippen molar-refractivity contribution in [2.45, 2.75) is 24.8 Å². The minimum absolute atomic E-state index is 0.197. The molecule has 21 heavy (non-hydrogen) atoms. The summed E-state index contributed by atoms with van der Waals surface area (Å²) in [4.78, 5) is 10.2. The molecule has 118 valence electrons. The van der Waals surface area contributed by atoms with E-state index in [0.717, 1.165) is 0 Å². The lowest BCUT2D eigenvalue weighted by Gasteiger charge is -2.14. The predicted octanol–water partition coefficient (Wildman–Crippen LogP) is 2.06. The molecule has 1 aromatic carbocycles. The molecule has 1 unspecified atom stereocenters. The molecule has 0 fully saturated rings. The molecular weight excluding hydrogens is 314 g/mol. The van der Waals surface area contributed by atoms with Crippen molar-refractivity contribution in [1.82, 2.24) is 4.72 Å². The van der Waals surface area contributed by atoms with Gasteiger partial charge < -0.3 is 5.32 Å². The number of hydrogen-bond acceptors (Lipinski definition) is 6. The third kappa shape index (κ3) is 4.58. The number of nitro benzene ring substituents is 1. The highest BCUT2D eigenvalue weighted by Gasteiger charge is 2.29. The van der Waals surface area contributed by atoms with Crippen LogP contribution in [0.25, 0.3) is 0 Å². The lowest BCUT2D eigenvalue weighted by atomic mass is 10.2. The van der Waals surface area contributed by atoms with Crippen LogP contribution >= 0.6 is 11.8 Å². The molecule has 0 amide bonds. The SMILES string of the molecule is CCNc1cccc(S(=O)(=O)NC(C)CSC)c1[N+](=O)[O-]. The topological polar surface area (TPSA) is 101 Å². The Kier molecular flexibility index (Phi) is 6.43. The smallest absolute Gasteiger partial charge is 0.312 e. The highest BCUT2D eigenvalue weighted by Crippen LogP contribution is 2.31. The first-order valence-corrected chi connectivity index (χ1v) is 9.23. The predicted molar refractivity (Wildman–Crippen MR) is 85.4 cm³/mol. The van der Waals surface area contributed by atoms with Crippen molar-refractivity contribution < 1.29 is 13.3 Å². The van der Waals surface area contributed by atoms with Crippen LogP contribution in [-0.2, 0) is 10.0 Å². The van der Waals surface area contributed by atoms with Crippen LogP contribution in [0.4, 0.5) is 11.4 Å². The van der Waals surface area contributed by atoms with Crippen molar-refractivity contribution in [1.29, 1.82) is 0 Å². The summed E-state index contributed by atoms with van der Waals surface area (Å²) in [7, 11) is -3.94. The van der Waals surface area contributed by atoms with E-state index in [2.05, 4.69) is 10.0 Å². The summed E-state index contributed by atoms with van der Waals surface area (Å²) in [6, 6.07) is 3.91. The fourth-order valence-electron chi connectivity index (χ4n) is 1.87. The number of anilines is 1. The average molecular weight is 333 g/mol. The Bertz CT molecular complexity index is 605. The zero-order valence-electron chi connectivity index (χ0n) is 12.1. The molecule has 1 aromatic rings. The Labute approximate surface area is 128 Å². The number of nitrogens with zero attached hydrogens (tertiary/aromatic N) is 1. The van der Waals surface area contributed by atoms with Crippen molar-refractivity contribution in [3.05, 3.63) is 28.3 Å². The number of thioether (sulfide) groups is 1. The third-order valence-electron chi connectivity index (χ3n) is 2.61. The highest BCUT2D eigenvalue weighted by molar-refractivity contribution is 7.98. The molecule has 0 bridgehead atoms. The van der Waals surface area contributed by atoms with Crippen LogP contribution in [0.15, 0.2) is 23.1 Å². The lowest BCUT2D eigenvalue weighted by molar-refractivity contribution is -0.386. The first kappa shape index (κ1) is 17.7. The minimum Gasteiger partial charge on any atom is -0.380 e. The fraction of sp³-hybridized carbons (Fsp3) is 0.500. The normalized spacial score (nSPS) is 12.9. The van der Waals surface area contributed by atoms with Gasteiger partial charge in [0.25, 0.3) is 0 Å². The van der Waals surface area contributed by atoms with Gasteiger partial charge in [0.1, 0.15) is 5.69 Å². The zero-order chi connectivity index (χ0) is 16.0. The molecule has 0 aliphatic rings. The Balaban J connectivity index is 3.28. The van der Waals surface area contributed by atoms with Crippen molar-refractivity contribution in [2.24, 2.45) is 0 Å². The maximum absolute atomic E-state index is 12.3. The summed E-state index contributed by atoms with van der Waals surface area (Å²) in [5, 5.41) is 14.1. The summed E-state index contributed by atoms with van der Waals surface area (Å²) >= 11 is 1.49. The van der Waals surface area contributed by atoms with Gasteiger partial charge in [-0.1, -0.05) is 6.07 Å². The number of para-hydroxylation sites is 1.